The molecular formula is C48H32N2S. The topological polar surface area (TPSA) is 8.17 Å². The summed E-state index contributed by atoms with van der Waals surface area (Å²) in [6.45, 7) is 0. The van der Waals surface area contributed by atoms with E-state index in [4.69, 9.17) is 0 Å². The minimum Gasteiger partial charge on any atom is -0.310 e. The molecule has 10 aromatic rings. The fraction of sp³-hybridized carbons (Fsp3) is 0. The Hall–Kier alpha value is -6.42. The second-order valence-electron chi connectivity index (χ2n) is 12.9. The number of thiophene rings is 1. The molecule has 0 aliphatic rings. The van der Waals surface area contributed by atoms with Gasteiger partial charge < -0.3 is 9.47 Å². The first-order chi connectivity index (χ1) is 25.3. The summed E-state index contributed by atoms with van der Waals surface area (Å²) in [7, 11) is 0. The largest absolute Gasteiger partial charge is 0.310 e. The van der Waals surface area contributed by atoms with Crippen molar-refractivity contribution < 1.29 is 0 Å². The predicted octanol–water partition coefficient (Wildman–Crippen LogP) is 14.0. The van der Waals surface area contributed by atoms with Gasteiger partial charge in [0.1, 0.15) is 0 Å². The van der Waals surface area contributed by atoms with Crippen molar-refractivity contribution in [1.82, 2.24) is 4.57 Å². The molecule has 0 bridgehead atoms. The van der Waals surface area contributed by atoms with E-state index in [1.165, 1.54) is 64.2 Å². The zero-order valence-corrected chi connectivity index (χ0v) is 28.6. The van der Waals surface area contributed by atoms with Gasteiger partial charge in [0.25, 0.3) is 0 Å². The molecule has 51 heavy (non-hydrogen) atoms. The fourth-order valence-corrected chi connectivity index (χ4v) is 8.92. The Morgan fingerprint density at radius 3 is 1.65 bits per heavy atom. The number of benzene rings is 8. The molecule has 0 saturated carbocycles. The molecule has 0 radical (unpaired) electrons. The average molecular weight is 669 g/mol. The number of fused-ring (bicyclic) bond motifs is 6. The van der Waals surface area contributed by atoms with Crippen molar-refractivity contribution in [3.63, 3.8) is 0 Å². The lowest BCUT2D eigenvalue weighted by atomic mass is 9.93. The van der Waals surface area contributed by atoms with Crippen LogP contribution in [0.2, 0.25) is 0 Å². The van der Waals surface area contributed by atoms with Crippen molar-refractivity contribution in [3.8, 4) is 27.9 Å². The van der Waals surface area contributed by atoms with Crippen LogP contribution in [-0.2, 0) is 0 Å². The van der Waals surface area contributed by atoms with Gasteiger partial charge in [0.2, 0.25) is 0 Å². The molecule has 3 heteroatoms. The molecule has 240 valence electrons. The summed E-state index contributed by atoms with van der Waals surface area (Å²) >= 11 is 1.86. The molecule has 0 unspecified atom stereocenters. The number of aromatic nitrogens is 1. The van der Waals surface area contributed by atoms with Crippen molar-refractivity contribution in [2.45, 2.75) is 0 Å². The normalized spacial score (nSPS) is 11.5. The summed E-state index contributed by atoms with van der Waals surface area (Å²) in [6, 6.07) is 70.4. The van der Waals surface area contributed by atoms with Crippen LogP contribution in [0.5, 0.6) is 0 Å². The SMILES string of the molecule is c1ccc(N(c2ccccc2)c2ccc(-c3ccccc3-n3c4ccccc4c4ccccc43)cc2-c2cccc3sc4ccccc4c23)cc1. The second kappa shape index (κ2) is 12.2. The lowest BCUT2D eigenvalue weighted by molar-refractivity contribution is 1.18. The van der Waals surface area contributed by atoms with E-state index in [-0.39, 0.29) is 0 Å². The lowest BCUT2D eigenvalue weighted by Gasteiger charge is -2.28. The van der Waals surface area contributed by atoms with Crippen LogP contribution in [0.25, 0.3) is 69.9 Å². The van der Waals surface area contributed by atoms with Gasteiger partial charge in [-0.05, 0) is 77.9 Å². The van der Waals surface area contributed by atoms with E-state index in [9.17, 15) is 0 Å². The van der Waals surface area contributed by atoms with Crippen molar-refractivity contribution >= 4 is 70.4 Å². The Balaban J connectivity index is 1.28. The van der Waals surface area contributed by atoms with Gasteiger partial charge in [-0.3, -0.25) is 0 Å². The number of para-hydroxylation sites is 5. The molecule has 2 nitrogen and oxygen atoms in total. The van der Waals surface area contributed by atoms with E-state index in [0.717, 1.165) is 22.7 Å². The van der Waals surface area contributed by atoms with Crippen LogP contribution in [-0.4, -0.2) is 4.57 Å². The number of anilines is 3. The van der Waals surface area contributed by atoms with Crippen molar-refractivity contribution in [2.24, 2.45) is 0 Å². The Morgan fingerprint density at radius 1 is 0.392 bits per heavy atom. The van der Waals surface area contributed by atoms with Crippen LogP contribution < -0.4 is 4.90 Å². The third kappa shape index (κ3) is 4.85. The van der Waals surface area contributed by atoms with Crippen LogP contribution >= 0.6 is 11.3 Å². The Labute approximate surface area is 300 Å². The quantitative estimate of drug-likeness (QED) is 0.171. The van der Waals surface area contributed by atoms with E-state index >= 15 is 0 Å². The van der Waals surface area contributed by atoms with Gasteiger partial charge in [-0.2, -0.15) is 0 Å². The molecular weight excluding hydrogens is 637 g/mol. The molecule has 10 rings (SSSR count). The third-order valence-corrected chi connectivity index (χ3v) is 11.1. The zero-order chi connectivity index (χ0) is 33.7. The molecule has 0 atom stereocenters. The summed E-state index contributed by atoms with van der Waals surface area (Å²) in [6.07, 6.45) is 0. The highest BCUT2D eigenvalue weighted by Crippen LogP contribution is 2.47. The Kier molecular flexibility index (Phi) is 7.04. The maximum absolute atomic E-state index is 2.43. The van der Waals surface area contributed by atoms with Crippen molar-refractivity contribution in [1.29, 1.82) is 0 Å². The summed E-state index contributed by atoms with van der Waals surface area (Å²) in [5, 5.41) is 5.11. The zero-order valence-electron chi connectivity index (χ0n) is 27.8. The maximum Gasteiger partial charge on any atom is 0.0541 e. The summed E-state index contributed by atoms with van der Waals surface area (Å²) < 4.78 is 5.03. The van der Waals surface area contributed by atoms with Gasteiger partial charge in [-0.1, -0.05) is 127 Å². The molecule has 0 aliphatic carbocycles. The molecule has 0 fully saturated rings. The summed E-state index contributed by atoms with van der Waals surface area (Å²) in [5.74, 6) is 0. The van der Waals surface area contributed by atoms with Gasteiger partial charge in [-0.25, -0.2) is 0 Å². The Bertz CT molecular complexity index is 2770. The Morgan fingerprint density at radius 2 is 0.941 bits per heavy atom. The van der Waals surface area contributed by atoms with E-state index in [0.29, 0.717) is 0 Å². The number of rotatable bonds is 6. The molecule has 0 aliphatic heterocycles. The average Bonchev–Trinajstić information content (AvgIpc) is 3.75. The molecule has 2 aromatic heterocycles. The second-order valence-corrected chi connectivity index (χ2v) is 14.0. The van der Waals surface area contributed by atoms with Gasteiger partial charge >= 0.3 is 0 Å². The van der Waals surface area contributed by atoms with Crippen LogP contribution in [0.1, 0.15) is 0 Å². The van der Waals surface area contributed by atoms with Crippen LogP contribution in [0, 0.1) is 0 Å². The minimum absolute atomic E-state index is 1.12. The predicted molar refractivity (Wildman–Crippen MR) is 219 cm³/mol. The monoisotopic (exact) mass is 668 g/mol. The van der Waals surface area contributed by atoms with Gasteiger partial charge in [0.05, 0.1) is 22.4 Å². The fourth-order valence-electron chi connectivity index (χ4n) is 7.79. The van der Waals surface area contributed by atoms with Crippen LogP contribution in [0.4, 0.5) is 17.1 Å². The van der Waals surface area contributed by atoms with E-state index in [1.807, 2.05) is 11.3 Å². The van der Waals surface area contributed by atoms with Gasteiger partial charge in [0, 0.05) is 53.4 Å². The first-order valence-electron chi connectivity index (χ1n) is 17.4. The first-order valence-corrected chi connectivity index (χ1v) is 18.2. The minimum atomic E-state index is 1.12. The highest BCUT2D eigenvalue weighted by atomic mass is 32.1. The summed E-state index contributed by atoms with van der Waals surface area (Å²) in [4.78, 5) is 2.39. The number of hydrogen-bond acceptors (Lipinski definition) is 2. The number of nitrogens with zero attached hydrogens (tertiary/aromatic N) is 2. The number of hydrogen-bond donors (Lipinski definition) is 0. The molecule has 8 aromatic carbocycles. The third-order valence-electron chi connectivity index (χ3n) is 9.99. The van der Waals surface area contributed by atoms with E-state index in [2.05, 4.69) is 204 Å². The van der Waals surface area contributed by atoms with Gasteiger partial charge in [-0.15, -0.1) is 11.3 Å². The van der Waals surface area contributed by atoms with Crippen LogP contribution in [0.15, 0.2) is 194 Å². The van der Waals surface area contributed by atoms with E-state index < -0.39 is 0 Å². The van der Waals surface area contributed by atoms with Crippen molar-refractivity contribution in [3.05, 3.63) is 194 Å². The highest BCUT2D eigenvalue weighted by molar-refractivity contribution is 7.25. The maximum atomic E-state index is 2.43. The molecule has 0 N–H and O–H groups in total. The molecule has 0 amide bonds. The molecule has 2 heterocycles. The van der Waals surface area contributed by atoms with Gasteiger partial charge in [0.15, 0.2) is 0 Å². The lowest BCUT2D eigenvalue weighted by Crippen LogP contribution is -2.11. The summed E-state index contributed by atoms with van der Waals surface area (Å²) in [5.41, 5.74) is 11.7. The first kappa shape index (κ1) is 29.5. The van der Waals surface area contributed by atoms with E-state index in [1.54, 1.807) is 0 Å². The van der Waals surface area contributed by atoms with Crippen LogP contribution in [0.3, 0.4) is 0 Å². The highest BCUT2D eigenvalue weighted by Gasteiger charge is 2.22. The standard InChI is InChI=1S/C48H32N2S/c1-3-16-34(17-4-1)49(35-18-5-2-6-19-35)45-31-30-33(32-41(45)39-24-15-29-47-48(39)40-23-10-14-28-46(40)51-47)36-20-7-11-25-42(36)50-43-26-12-8-21-37(43)38-22-9-13-27-44(38)50/h1-32H. The smallest absolute Gasteiger partial charge is 0.0541 e. The van der Waals surface area contributed by atoms with Crippen molar-refractivity contribution in [2.75, 3.05) is 4.90 Å². The molecule has 0 saturated heterocycles. The molecule has 0 spiro atoms.